The molecule has 0 aromatic carbocycles. The molecule has 2 aromatic heterocycles. The number of hydrogen-bond donors (Lipinski definition) is 2. The maximum absolute atomic E-state index is 12.2. The van der Waals surface area contributed by atoms with Crippen molar-refractivity contribution in [2.75, 3.05) is 7.11 Å². The molecule has 2 aromatic rings. The van der Waals surface area contributed by atoms with Crippen LogP contribution in [0.5, 0.6) is 5.88 Å². The lowest BCUT2D eigenvalue weighted by atomic mass is 10.3. The van der Waals surface area contributed by atoms with Crippen molar-refractivity contribution in [1.29, 1.82) is 0 Å². The van der Waals surface area contributed by atoms with E-state index in [1.807, 2.05) is 0 Å². The molecule has 0 amide bonds. The number of nitrogens with two attached hydrogens (primary N) is 1. The van der Waals surface area contributed by atoms with Crippen LogP contribution in [0.15, 0.2) is 35.5 Å². The number of aryl methyl sites for hydroxylation is 1. The van der Waals surface area contributed by atoms with Gasteiger partial charge in [0, 0.05) is 44.3 Å². The Morgan fingerprint density at radius 2 is 2.19 bits per heavy atom. The summed E-state index contributed by atoms with van der Waals surface area (Å²) in [6.07, 6.45) is 3.11. The predicted molar refractivity (Wildman–Crippen MR) is 78.1 cm³/mol. The van der Waals surface area contributed by atoms with Crippen molar-refractivity contribution in [3.63, 3.8) is 0 Å². The molecule has 0 aliphatic carbocycles. The van der Waals surface area contributed by atoms with Gasteiger partial charge >= 0.3 is 0 Å². The van der Waals surface area contributed by atoms with Crippen LogP contribution in [0.25, 0.3) is 0 Å². The number of methoxy groups -OCH3 is 1. The summed E-state index contributed by atoms with van der Waals surface area (Å²) in [6, 6.07) is 4.97. The zero-order valence-corrected chi connectivity index (χ0v) is 12.7. The van der Waals surface area contributed by atoms with Gasteiger partial charge < -0.3 is 15.0 Å². The van der Waals surface area contributed by atoms with Crippen LogP contribution in [0, 0.1) is 0 Å². The van der Waals surface area contributed by atoms with Crippen molar-refractivity contribution < 1.29 is 13.2 Å². The fourth-order valence-corrected chi connectivity index (χ4v) is 2.97. The van der Waals surface area contributed by atoms with Crippen LogP contribution < -0.4 is 15.2 Å². The van der Waals surface area contributed by atoms with Gasteiger partial charge in [0.2, 0.25) is 15.9 Å². The average Bonchev–Trinajstić information content (AvgIpc) is 2.87. The first-order valence-electron chi connectivity index (χ1n) is 6.30. The van der Waals surface area contributed by atoms with E-state index in [4.69, 9.17) is 10.5 Å². The molecule has 0 radical (unpaired) electrons. The van der Waals surface area contributed by atoms with Crippen LogP contribution in [0.2, 0.25) is 0 Å². The van der Waals surface area contributed by atoms with Crippen molar-refractivity contribution in [3.8, 4) is 5.88 Å². The number of hydrogen-bond acceptors (Lipinski definition) is 5. The van der Waals surface area contributed by atoms with Crippen molar-refractivity contribution in [3.05, 3.63) is 41.9 Å². The van der Waals surface area contributed by atoms with Gasteiger partial charge in [-0.05, 0) is 17.7 Å². The molecule has 114 valence electrons. The second-order valence-electron chi connectivity index (χ2n) is 4.51. The smallest absolute Gasteiger partial charge is 0.242 e. The summed E-state index contributed by atoms with van der Waals surface area (Å²) < 4.78 is 33.7. The molecule has 0 fully saturated rings. The highest BCUT2D eigenvalue weighted by Crippen LogP contribution is 2.14. The van der Waals surface area contributed by atoms with Crippen molar-refractivity contribution in [2.24, 2.45) is 12.8 Å². The number of sulfonamides is 1. The molecule has 0 bridgehead atoms. The molecule has 0 saturated carbocycles. The molecular formula is C13H18N4O3S. The normalized spacial score (nSPS) is 11.6. The van der Waals surface area contributed by atoms with E-state index in [1.54, 1.807) is 36.0 Å². The van der Waals surface area contributed by atoms with E-state index in [-0.39, 0.29) is 18.0 Å². The second kappa shape index (κ2) is 6.25. The highest BCUT2D eigenvalue weighted by Gasteiger charge is 2.17. The van der Waals surface area contributed by atoms with E-state index in [2.05, 4.69) is 9.71 Å². The van der Waals surface area contributed by atoms with E-state index in [0.29, 0.717) is 5.88 Å². The van der Waals surface area contributed by atoms with Gasteiger partial charge in [-0.3, -0.25) is 0 Å². The Labute approximate surface area is 123 Å². The minimum absolute atomic E-state index is 0.161. The minimum Gasteiger partial charge on any atom is -0.481 e. The molecule has 0 spiro atoms. The van der Waals surface area contributed by atoms with Gasteiger partial charge in [0.25, 0.3) is 0 Å². The summed E-state index contributed by atoms with van der Waals surface area (Å²) >= 11 is 0. The van der Waals surface area contributed by atoms with Crippen molar-refractivity contribution in [1.82, 2.24) is 14.3 Å². The largest absolute Gasteiger partial charge is 0.481 e. The minimum atomic E-state index is -3.58. The van der Waals surface area contributed by atoms with Gasteiger partial charge in [0.15, 0.2) is 0 Å². The Morgan fingerprint density at radius 1 is 1.43 bits per heavy atom. The van der Waals surface area contributed by atoms with Crippen LogP contribution in [0.3, 0.4) is 0 Å². The molecule has 0 atom stereocenters. The van der Waals surface area contributed by atoms with Crippen molar-refractivity contribution >= 4 is 10.0 Å². The number of nitrogens with one attached hydrogen (secondary N) is 1. The second-order valence-corrected chi connectivity index (χ2v) is 6.28. The third-order valence-electron chi connectivity index (χ3n) is 3.08. The van der Waals surface area contributed by atoms with Gasteiger partial charge in [-0.1, -0.05) is 0 Å². The Hall–Kier alpha value is -1.90. The van der Waals surface area contributed by atoms with Crippen LogP contribution in [-0.4, -0.2) is 25.1 Å². The molecule has 0 aliphatic rings. The molecule has 7 nitrogen and oxygen atoms in total. The third-order valence-corrected chi connectivity index (χ3v) is 4.45. The Morgan fingerprint density at radius 3 is 2.81 bits per heavy atom. The van der Waals surface area contributed by atoms with Crippen LogP contribution in [0.1, 0.15) is 11.3 Å². The first-order valence-corrected chi connectivity index (χ1v) is 7.78. The zero-order chi connectivity index (χ0) is 15.5. The monoisotopic (exact) mass is 310 g/mol. The summed E-state index contributed by atoms with van der Waals surface area (Å²) in [6.45, 7) is 0.446. The lowest BCUT2D eigenvalue weighted by molar-refractivity contribution is 0.397. The lowest BCUT2D eigenvalue weighted by Crippen LogP contribution is -2.22. The molecule has 2 heterocycles. The maximum Gasteiger partial charge on any atom is 0.242 e. The number of aromatic nitrogens is 2. The molecule has 0 saturated heterocycles. The fraction of sp³-hybridized carbons (Fsp3) is 0.308. The SMILES string of the molecule is COc1cc(CNS(=O)(=O)c2cc(CN)n(C)c2)ccn1. The topological polar surface area (TPSA) is 99.2 Å². The van der Waals surface area contributed by atoms with E-state index >= 15 is 0 Å². The quantitative estimate of drug-likeness (QED) is 0.803. The summed E-state index contributed by atoms with van der Waals surface area (Å²) in [5, 5.41) is 0. The first kappa shape index (κ1) is 15.5. The van der Waals surface area contributed by atoms with E-state index in [0.717, 1.165) is 11.3 Å². The Bertz CT molecular complexity index is 725. The van der Waals surface area contributed by atoms with Gasteiger partial charge in [-0.25, -0.2) is 18.1 Å². The number of rotatable bonds is 6. The number of ether oxygens (including phenoxy) is 1. The maximum atomic E-state index is 12.2. The van der Waals surface area contributed by atoms with E-state index < -0.39 is 10.0 Å². The molecule has 2 rings (SSSR count). The average molecular weight is 310 g/mol. The summed E-state index contributed by atoms with van der Waals surface area (Å²) in [5.74, 6) is 0.442. The number of pyridine rings is 1. The van der Waals surface area contributed by atoms with Gasteiger partial charge in [0.05, 0.1) is 12.0 Å². The molecular weight excluding hydrogens is 292 g/mol. The standard InChI is InChI=1S/C13H18N4O3S/c1-17-9-12(6-11(17)7-14)21(18,19)16-8-10-3-4-15-13(5-10)20-2/h3-6,9,16H,7-8,14H2,1-2H3. The molecule has 8 heteroatoms. The highest BCUT2D eigenvalue weighted by atomic mass is 32.2. The van der Waals surface area contributed by atoms with E-state index in [9.17, 15) is 8.42 Å². The molecule has 21 heavy (non-hydrogen) atoms. The van der Waals surface area contributed by atoms with Crippen LogP contribution >= 0.6 is 0 Å². The third kappa shape index (κ3) is 3.60. The predicted octanol–water partition coefficient (Wildman–Crippen LogP) is 0.366. The first-order chi connectivity index (χ1) is 9.96. The summed E-state index contributed by atoms with van der Waals surface area (Å²) in [5.41, 5.74) is 7.06. The highest BCUT2D eigenvalue weighted by molar-refractivity contribution is 7.89. The van der Waals surface area contributed by atoms with Crippen molar-refractivity contribution in [2.45, 2.75) is 18.0 Å². The van der Waals surface area contributed by atoms with Crippen LogP contribution in [0.4, 0.5) is 0 Å². The summed E-state index contributed by atoms with van der Waals surface area (Å²) in [7, 11) is -0.310. The van der Waals surface area contributed by atoms with Gasteiger partial charge in [-0.15, -0.1) is 0 Å². The lowest BCUT2D eigenvalue weighted by Gasteiger charge is -2.06. The van der Waals surface area contributed by atoms with Crippen LogP contribution in [-0.2, 0) is 30.2 Å². The number of nitrogens with zero attached hydrogens (tertiary/aromatic N) is 2. The molecule has 0 aliphatic heterocycles. The Balaban J connectivity index is 2.13. The molecule has 3 N–H and O–H groups in total. The van der Waals surface area contributed by atoms with Gasteiger partial charge in [-0.2, -0.15) is 0 Å². The fourth-order valence-electron chi connectivity index (χ4n) is 1.86. The molecule has 0 unspecified atom stereocenters. The van der Waals surface area contributed by atoms with Gasteiger partial charge in [0.1, 0.15) is 0 Å². The Kier molecular flexibility index (Phi) is 4.61. The zero-order valence-electron chi connectivity index (χ0n) is 11.9. The van der Waals surface area contributed by atoms with E-state index in [1.165, 1.54) is 13.3 Å². The summed E-state index contributed by atoms with van der Waals surface area (Å²) in [4.78, 5) is 4.17.